The second kappa shape index (κ2) is 8.42. The first-order valence-corrected chi connectivity index (χ1v) is 9.66. The highest BCUT2D eigenvalue weighted by molar-refractivity contribution is 7.14. The van der Waals surface area contributed by atoms with Crippen LogP contribution < -0.4 is 5.32 Å². The van der Waals surface area contributed by atoms with Gasteiger partial charge < -0.3 is 0 Å². The summed E-state index contributed by atoms with van der Waals surface area (Å²) in [6, 6.07) is 10.3. The van der Waals surface area contributed by atoms with Crippen LogP contribution in [0.5, 0.6) is 0 Å². The molecule has 0 bridgehead atoms. The van der Waals surface area contributed by atoms with E-state index in [0.717, 1.165) is 11.1 Å². The Morgan fingerprint density at radius 2 is 1.81 bits per heavy atom. The zero-order valence-corrected chi connectivity index (χ0v) is 16.8. The molecule has 3 aromatic rings. The highest BCUT2D eigenvalue weighted by atomic mass is 35.5. The van der Waals surface area contributed by atoms with Gasteiger partial charge in [0.2, 0.25) is 5.91 Å². The summed E-state index contributed by atoms with van der Waals surface area (Å²) in [6.45, 7) is 0. The van der Waals surface area contributed by atoms with Gasteiger partial charge in [0.15, 0.2) is 5.13 Å². The number of thiazole rings is 1. The maximum atomic E-state index is 12.1. The number of amides is 1. The number of halogens is 4. The van der Waals surface area contributed by atoms with Gasteiger partial charge in [-0.1, -0.05) is 52.5 Å². The van der Waals surface area contributed by atoms with Crippen molar-refractivity contribution >= 4 is 74.9 Å². The van der Waals surface area contributed by atoms with Crippen molar-refractivity contribution in [3.63, 3.8) is 0 Å². The number of rotatable bonds is 4. The zero-order chi connectivity index (χ0) is 18.7. The number of nitrogens with one attached hydrogen (secondary N) is 1. The van der Waals surface area contributed by atoms with E-state index in [2.05, 4.69) is 10.3 Å². The molecule has 0 aliphatic heterocycles. The van der Waals surface area contributed by atoms with Gasteiger partial charge in [-0.05, 0) is 42.0 Å². The zero-order valence-electron chi connectivity index (χ0n) is 13.0. The highest BCUT2D eigenvalue weighted by Gasteiger charge is 2.10. The monoisotopic (exact) mass is 442 g/mol. The molecular formula is C18H10Cl4N2OS. The first kappa shape index (κ1) is 19.2. The molecule has 0 saturated carbocycles. The third-order valence-electron chi connectivity index (χ3n) is 3.31. The SMILES string of the molecule is O=C(/C=C/c1ccc(Cl)c(Cl)c1)Nc1nc(-c2ccc(Cl)cc2Cl)cs1. The van der Waals surface area contributed by atoms with Crippen LogP contribution in [0.2, 0.25) is 20.1 Å². The number of carbonyl (C=O) groups excluding carboxylic acids is 1. The van der Waals surface area contributed by atoms with Gasteiger partial charge >= 0.3 is 0 Å². The van der Waals surface area contributed by atoms with E-state index >= 15 is 0 Å². The molecule has 0 atom stereocenters. The van der Waals surface area contributed by atoms with Gasteiger partial charge in [0.05, 0.1) is 20.8 Å². The maximum Gasteiger partial charge on any atom is 0.250 e. The quantitative estimate of drug-likeness (QED) is 0.437. The van der Waals surface area contributed by atoms with E-state index in [-0.39, 0.29) is 5.91 Å². The van der Waals surface area contributed by atoms with Crippen molar-refractivity contribution in [3.8, 4) is 11.3 Å². The van der Waals surface area contributed by atoms with Gasteiger partial charge in [0.25, 0.3) is 0 Å². The second-order valence-corrected chi connectivity index (χ2v) is 7.67. The molecule has 0 fully saturated rings. The molecule has 0 saturated heterocycles. The standard InChI is InChI=1S/C18H10Cl4N2OS/c19-11-3-4-12(14(21)8-11)16-9-26-18(23-16)24-17(25)6-2-10-1-5-13(20)15(22)7-10/h1-9H,(H,23,24,25)/b6-2+. The van der Waals surface area contributed by atoms with Crippen molar-refractivity contribution < 1.29 is 4.79 Å². The normalized spacial score (nSPS) is 11.1. The Balaban J connectivity index is 1.69. The average Bonchev–Trinajstić information content (AvgIpc) is 3.04. The molecule has 1 heterocycles. The van der Waals surface area contributed by atoms with E-state index in [4.69, 9.17) is 46.4 Å². The Hall–Kier alpha value is -1.56. The van der Waals surface area contributed by atoms with Crippen molar-refractivity contribution in [2.75, 3.05) is 5.32 Å². The lowest BCUT2D eigenvalue weighted by Crippen LogP contribution is -2.07. The van der Waals surface area contributed by atoms with Crippen LogP contribution in [-0.4, -0.2) is 10.9 Å². The van der Waals surface area contributed by atoms with Crippen molar-refractivity contribution in [1.29, 1.82) is 0 Å². The van der Waals surface area contributed by atoms with Gasteiger partial charge in [-0.25, -0.2) is 4.98 Å². The summed E-state index contributed by atoms with van der Waals surface area (Å²) in [6.07, 6.45) is 3.04. The van der Waals surface area contributed by atoms with E-state index in [1.807, 2.05) is 5.38 Å². The lowest BCUT2D eigenvalue weighted by Gasteiger charge is -2.01. The van der Waals surface area contributed by atoms with Crippen LogP contribution in [-0.2, 0) is 4.79 Å². The predicted molar refractivity (Wildman–Crippen MR) is 112 cm³/mol. The summed E-state index contributed by atoms with van der Waals surface area (Å²) >= 11 is 25.2. The number of aromatic nitrogens is 1. The maximum absolute atomic E-state index is 12.1. The van der Waals surface area contributed by atoms with Crippen LogP contribution in [0.1, 0.15) is 5.56 Å². The summed E-state index contributed by atoms with van der Waals surface area (Å²) in [5.74, 6) is -0.306. The predicted octanol–water partition coefficient (Wildman–Crippen LogP) is 7.08. The van der Waals surface area contributed by atoms with Crippen molar-refractivity contribution in [3.05, 3.63) is 73.5 Å². The van der Waals surface area contributed by atoms with Gasteiger partial charge in [0, 0.05) is 22.0 Å². The smallest absolute Gasteiger partial charge is 0.250 e. The molecule has 3 nitrogen and oxygen atoms in total. The molecular weight excluding hydrogens is 434 g/mol. The van der Waals surface area contributed by atoms with Gasteiger partial charge in [-0.3, -0.25) is 10.1 Å². The molecule has 0 aliphatic carbocycles. The number of benzene rings is 2. The van der Waals surface area contributed by atoms with Crippen molar-refractivity contribution in [2.24, 2.45) is 0 Å². The Morgan fingerprint density at radius 1 is 1.00 bits per heavy atom. The number of nitrogens with zero attached hydrogens (tertiary/aromatic N) is 1. The minimum atomic E-state index is -0.306. The van der Waals surface area contributed by atoms with Crippen LogP contribution in [0.4, 0.5) is 5.13 Å². The first-order valence-electron chi connectivity index (χ1n) is 7.27. The number of anilines is 1. The Morgan fingerprint density at radius 3 is 2.54 bits per heavy atom. The van der Waals surface area contributed by atoms with Gasteiger partial charge in [0.1, 0.15) is 0 Å². The molecule has 0 radical (unpaired) electrons. The van der Waals surface area contributed by atoms with Crippen LogP contribution in [0.25, 0.3) is 17.3 Å². The second-order valence-electron chi connectivity index (χ2n) is 5.16. The number of hydrogen-bond acceptors (Lipinski definition) is 3. The summed E-state index contributed by atoms with van der Waals surface area (Å²) in [4.78, 5) is 16.4. The van der Waals surface area contributed by atoms with E-state index in [1.165, 1.54) is 17.4 Å². The molecule has 26 heavy (non-hydrogen) atoms. The van der Waals surface area contributed by atoms with Gasteiger partial charge in [-0.2, -0.15) is 0 Å². The minimum absolute atomic E-state index is 0.306. The Kier molecular flexibility index (Phi) is 6.22. The number of hydrogen-bond donors (Lipinski definition) is 1. The first-order chi connectivity index (χ1) is 12.4. The molecule has 1 N–H and O–H groups in total. The van der Waals surface area contributed by atoms with Gasteiger partial charge in [-0.15, -0.1) is 11.3 Å². The van der Waals surface area contributed by atoms with Crippen LogP contribution in [0, 0.1) is 0 Å². The molecule has 8 heteroatoms. The number of carbonyl (C=O) groups is 1. The van der Waals surface area contributed by atoms with Crippen molar-refractivity contribution in [2.45, 2.75) is 0 Å². The summed E-state index contributed by atoms with van der Waals surface area (Å²) < 4.78 is 0. The molecule has 132 valence electrons. The fraction of sp³-hybridized carbons (Fsp3) is 0. The van der Waals surface area contributed by atoms with Crippen LogP contribution >= 0.6 is 57.7 Å². The van der Waals surface area contributed by atoms with Crippen molar-refractivity contribution in [1.82, 2.24) is 4.98 Å². The van der Waals surface area contributed by atoms with E-state index in [0.29, 0.717) is 30.9 Å². The van der Waals surface area contributed by atoms with Crippen LogP contribution in [0.3, 0.4) is 0 Å². The summed E-state index contributed by atoms with van der Waals surface area (Å²) in [5.41, 5.74) is 2.18. The molecule has 0 unspecified atom stereocenters. The fourth-order valence-corrected chi connectivity index (χ4v) is 3.61. The third-order valence-corrected chi connectivity index (χ3v) is 5.36. The van der Waals surface area contributed by atoms with E-state index in [9.17, 15) is 4.79 Å². The third kappa shape index (κ3) is 4.78. The minimum Gasteiger partial charge on any atom is -0.298 e. The molecule has 0 aliphatic rings. The molecule has 3 rings (SSSR count). The largest absolute Gasteiger partial charge is 0.298 e. The molecule has 1 aromatic heterocycles. The topological polar surface area (TPSA) is 42.0 Å². The summed E-state index contributed by atoms with van der Waals surface area (Å²) in [5, 5.41) is 6.94. The van der Waals surface area contributed by atoms with E-state index in [1.54, 1.807) is 42.5 Å². The van der Waals surface area contributed by atoms with E-state index < -0.39 is 0 Å². The lowest BCUT2D eigenvalue weighted by atomic mass is 10.2. The molecule has 2 aromatic carbocycles. The molecule has 1 amide bonds. The Labute approximate surface area is 174 Å². The average molecular weight is 444 g/mol. The lowest BCUT2D eigenvalue weighted by molar-refractivity contribution is -0.111. The summed E-state index contributed by atoms with van der Waals surface area (Å²) in [7, 11) is 0. The van der Waals surface area contributed by atoms with Crippen LogP contribution in [0.15, 0.2) is 47.9 Å². The fourth-order valence-electron chi connectivity index (χ4n) is 2.09. The highest BCUT2D eigenvalue weighted by Crippen LogP contribution is 2.32. The Bertz CT molecular complexity index is 1000. The molecule has 0 spiro atoms.